The summed E-state index contributed by atoms with van der Waals surface area (Å²) in [6.45, 7) is 0. The van der Waals surface area contributed by atoms with Gasteiger partial charge in [-0.2, -0.15) is 5.26 Å². The van der Waals surface area contributed by atoms with Crippen molar-refractivity contribution in [3.8, 4) is 6.07 Å². The molecule has 78 valence electrons. The van der Waals surface area contributed by atoms with E-state index in [-0.39, 0.29) is 5.91 Å². The molecule has 0 aliphatic carbocycles. The minimum absolute atomic E-state index is 0.275. The molecule has 0 bridgehead atoms. The van der Waals surface area contributed by atoms with Crippen LogP contribution in [0.15, 0.2) is 30.5 Å². The van der Waals surface area contributed by atoms with E-state index in [1.807, 2.05) is 6.07 Å². The first-order chi connectivity index (χ1) is 7.79. The molecule has 1 aromatic carbocycles. The summed E-state index contributed by atoms with van der Waals surface area (Å²) in [5, 5.41) is 15.5. The van der Waals surface area contributed by atoms with Gasteiger partial charge in [-0.25, -0.2) is 0 Å². The van der Waals surface area contributed by atoms with E-state index in [0.29, 0.717) is 16.1 Å². The molecule has 16 heavy (non-hydrogen) atoms. The van der Waals surface area contributed by atoms with Crippen molar-refractivity contribution in [1.29, 1.82) is 5.26 Å². The molecule has 1 heterocycles. The van der Waals surface area contributed by atoms with E-state index >= 15 is 0 Å². The van der Waals surface area contributed by atoms with Crippen LogP contribution in [0.25, 0.3) is 0 Å². The lowest BCUT2D eigenvalue weighted by molar-refractivity contribution is 0.102. The highest BCUT2D eigenvalue weighted by atomic mass is 32.1. The van der Waals surface area contributed by atoms with Crippen molar-refractivity contribution in [2.75, 3.05) is 5.32 Å². The highest BCUT2D eigenvalue weighted by Crippen LogP contribution is 2.12. The zero-order chi connectivity index (χ0) is 11.4. The second-order valence-corrected chi connectivity index (χ2v) is 3.71. The number of carbonyl (C=O) groups excluding carboxylic acids is 1. The zero-order valence-electron chi connectivity index (χ0n) is 8.04. The standard InChI is InChI=1S/C10H6N4OS/c11-5-7-2-1-3-8(4-7)10(15)13-9-6-12-14-16-9/h1-4,6H,(H,13,15). The molecule has 6 heteroatoms. The van der Waals surface area contributed by atoms with E-state index < -0.39 is 0 Å². The summed E-state index contributed by atoms with van der Waals surface area (Å²) in [5.74, 6) is -0.275. The van der Waals surface area contributed by atoms with Crippen LogP contribution in [0.4, 0.5) is 5.00 Å². The number of hydrogen-bond acceptors (Lipinski definition) is 5. The summed E-state index contributed by atoms with van der Waals surface area (Å²) in [6.07, 6.45) is 1.47. The molecule has 0 fully saturated rings. The van der Waals surface area contributed by atoms with E-state index in [0.717, 1.165) is 11.5 Å². The quantitative estimate of drug-likeness (QED) is 0.850. The van der Waals surface area contributed by atoms with Crippen LogP contribution in [0.1, 0.15) is 15.9 Å². The normalized spacial score (nSPS) is 9.44. The van der Waals surface area contributed by atoms with Gasteiger partial charge in [0.15, 0.2) is 0 Å². The summed E-state index contributed by atoms with van der Waals surface area (Å²) in [7, 11) is 0. The summed E-state index contributed by atoms with van der Waals surface area (Å²) in [6, 6.07) is 8.46. The number of carbonyl (C=O) groups is 1. The fourth-order valence-corrected chi connectivity index (χ4v) is 1.55. The van der Waals surface area contributed by atoms with Crippen LogP contribution < -0.4 is 5.32 Å². The molecule has 5 nitrogen and oxygen atoms in total. The molecule has 0 spiro atoms. The van der Waals surface area contributed by atoms with Crippen LogP contribution >= 0.6 is 11.5 Å². The Kier molecular flexibility index (Phi) is 2.89. The molecular formula is C10H6N4OS. The van der Waals surface area contributed by atoms with Gasteiger partial charge in [0.2, 0.25) is 0 Å². The zero-order valence-corrected chi connectivity index (χ0v) is 8.86. The van der Waals surface area contributed by atoms with Gasteiger partial charge in [0.25, 0.3) is 5.91 Å². The van der Waals surface area contributed by atoms with Crippen LogP contribution in [0.3, 0.4) is 0 Å². The van der Waals surface area contributed by atoms with Crippen molar-refractivity contribution in [3.63, 3.8) is 0 Å². The van der Waals surface area contributed by atoms with Crippen molar-refractivity contribution in [1.82, 2.24) is 9.59 Å². The van der Waals surface area contributed by atoms with Gasteiger partial charge in [-0.1, -0.05) is 10.6 Å². The lowest BCUT2D eigenvalue weighted by Gasteiger charge is -2.01. The summed E-state index contributed by atoms with van der Waals surface area (Å²) >= 11 is 1.10. The van der Waals surface area contributed by atoms with Crippen LogP contribution in [-0.4, -0.2) is 15.5 Å². The van der Waals surface area contributed by atoms with E-state index in [1.165, 1.54) is 12.3 Å². The number of rotatable bonds is 2. The Morgan fingerprint density at radius 3 is 3.06 bits per heavy atom. The van der Waals surface area contributed by atoms with Crippen LogP contribution in [0.2, 0.25) is 0 Å². The Hall–Kier alpha value is -2.26. The van der Waals surface area contributed by atoms with Gasteiger partial charge in [0, 0.05) is 17.1 Å². The summed E-state index contributed by atoms with van der Waals surface area (Å²) < 4.78 is 3.63. The van der Waals surface area contributed by atoms with Gasteiger partial charge in [-0.15, -0.1) is 5.10 Å². The van der Waals surface area contributed by atoms with Crippen molar-refractivity contribution in [3.05, 3.63) is 41.6 Å². The molecule has 0 saturated carbocycles. The predicted molar refractivity (Wildman–Crippen MR) is 59.0 cm³/mol. The first-order valence-electron chi connectivity index (χ1n) is 4.38. The minimum atomic E-state index is -0.275. The van der Waals surface area contributed by atoms with Crippen molar-refractivity contribution in [2.24, 2.45) is 0 Å². The van der Waals surface area contributed by atoms with Gasteiger partial charge in [0.05, 0.1) is 17.8 Å². The Morgan fingerprint density at radius 2 is 2.38 bits per heavy atom. The van der Waals surface area contributed by atoms with Crippen LogP contribution in [0, 0.1) is 11.3 Å². The molecule has 1 amide bonds. The molecule has 1 N–H and O–H groups in total. The van der Waals surface area contributed by atoms with E-state index in [4.69, 9.17) is 5.26 Å². The number of benzene rings is 1. The Bertz CT molecular complexity index is 544. The van der Waals surface area contributed by atoms with Crippen LogP contribution in [0.5, 0.6) is 0 Å². The Balaban J connectivity index is 2.18. The lowest BCUT2D eigenvalue weighted by atomic mass is 10.1. The molecule has 1 aromatic heterocycles. The third-order valence-electron chi connectivity index (χ3n) is 1.85. The Morgan fingerprint density at radius 1 is 1.50 bits per heavy atom. The minimum Gasteiger partial charge on any atom is -0.311 e. The monoisotopic (exact) mass is 230 g/mol. The SMILES string of the molecule is N#Cc1cccc(C(=O)Nc2cnns2)c1. The number of anilines is 1. The van der Waals surface area contributed by atoms with Crippen LogP contribution in [-0.2, 0) is 0 Å². The smallest absolute Gasteiger partial charge is 0.256 e. The maximum Gasteiger partial charge on any atom is 0.256 e. The average molecular weight is 230 g/mol. The number of nitrogens with zero attached hydrogens (tertiary/aromatic N) is 3. The fraction of sp³-hybridized carbons (Fsp3) is 0. The topological polar surface area (TPSA) is 78.7 Å². The van der Waals surface area contributed by atoms with Crippen molar-refractivity contribution in [2.45, 2.75) is 0 Å². The molecule has 2 aromatic rings. The first kappa shape index (κ1) is 10.3. The first-order valence-corrected chi connectivity index (χ1v) is 5.16. The van der Waals surface area contributed by atoms with E-state index in [2.05, 4.69) is 14.9 Å². The third kappa shape index (κ3) is 2.21. The molecule has 0 aliphatic rings. The number of nitrogens with one attached hydrogen (secondary N) is 1. The molecule has 0 radical (unpaired) electrons. The Labute approximate surface area is 95.5 Å². The molecule has 2 rings (SSSR count). The molecule has 0 aliphatic heterocycles. The van der Waals surface area contributed by atoms with Gasteiger partial charge in [-0.05, 0) is 18.2 Å². The number of amides is 1. The van der Waals surface area contributed by atoms with E-state index in [9.17, 15) is 4.79 Å². The lowest BCUT2D eigenvalue weighted by Crippen LogP contribution is -2.10. The molecule has 0 unspecified atom stereocenters. The second kappa shape index (κ2) is 4.51. The highest BCUT2D eigenvalue weighted by molar-refractivity contribution is 7.10. The van der Waals surface area contributed by atoms with Crippen molar-refractivity contribution >= 4 is 22.4 Å². The predicted octanol–water partition coefficient (Wildman–Crippen LogP) is 1.66. The number of nitriles is 1. The maximum absolute atomic E-state index is 11.7. The molecule has 0 atom stereocenters. The van der Waals surface area contributed by atoms with Crippen molar-refractivity contribution < 1.29 is 4.79 Å². The third-order valence-corrected chi connectivity index (χ3v) is 2.43. The van der Waals surface area contributed by atoms with Gasteiger partial charge in [0.1, 0.15) is 5.00 Å². The van der Waals surface area contributed by atoms with Gasteiger partial charge in [-0.3, -0.25) is 4.79 Å². The maximum atomic E-state index is 11.7. The van der Waals surface area contributed by atoms with E-state index in [1.54, 1.807) is 18.2 Å². The summed E-state index contributed by atoms with van der Waals surface area (Å²) in [5.41, 5.74) is 0.891. The largest absolute Gasteiger partial charge is 0.311 e. The van der Waals surface area contributed by atoms with Gasteiger partial charge >= 0.3 is 0 Å². The average Bonchev–Trinajstić information content (AvgIpc) is 2.82. The summed E-state index contributed by atoms with van der Waals surface area (Å²) in [4.78, 5) is 11.7. The fourth-order valence-electron chi connectivity index (χ4n) is 1.14. The number of hydrogen-bond donors (Lipinski definition) is 1. The molecule has 0 saturated heterocycles. The van der Waals surface area contributed by atoms with Gasteiger partial charge < -0.3 is 5.32 Å². The highest BCUT2D eigenvalue weighted by Gasteiger charge is 2.07. The second-order valence-electron chi connectivity index (χ2n) is 2.93. The molecular weight excluding hydrogens is 224 g/mol. The number of aromatic nitrogens is 2.